The van der Waals surface area contributed by atoms with E-state index in [2.05, 4.69) is 5.32 Å². The van der Waals surface area contributed by atoms with Crippen molar-refractivity contribution in [1.29, 1.82) is 0 Å². The van der Waals surface area contributed by atoms with Crippen molar-refractivity contribution in [2.75, 3.05) is 19.7 Å². The van der Waals surface area contributed by atoms with Crippen LogP contribution in [0.3, 0.4) is 0 Å². The molecule has 0 spiro atoms. The molecule has 8 nitrogen and oxygen atoms in total. The van der Waals surface area contributed by atoms with Gasteiger partial charge in [-0.05, 0) is 79.5 Å². The lowest BCUT2D eigenvalue weighted by Crippen LogP contribution is -2.56. The van der Waals surface area contributed by atoms with Gasteiger partial charge in [-0.2, -0.15) is 0 Å². The van der Waals surface area contributed by atoms with Crippen LogP contribution in [0.1, 0.15) is 67.5 Å². The summed E-state index contributed by atoms with van der Waals surface area (Å²) in [5.41, 5.74) is 2.75. The highest BCUT2D eigenvalue weighted by molar-refractivity contribution is 5.96. The minimum absolute atomic E-state index is 0.0204. The number of piperidine rings is 1. The van der Waals surface area contributed by atoms with Gasteiger partial charge in [0.25, 0.3) is 0 Å². The van der Waals surface area contributed by atoms with E-state index in [1.165, 1.54) is 24.3 Å². The minimum Gasteiger partial charge on any atom is -0.481 e. The fraction of sp³-hybridized carbons (Fsp3) is 0.395. The third-order valence-electron chi connectivity index (χ3n) is 10.8. The first-order valence-corrected chi connectivity index (χ1v) is 16.7. The molecule has 4 aromatic rings. The zero-order valence-corrected chi connectivity index (χ0v) is 26.8. The van der Waals surface area contributed by atoms with Crippen molar-refractivity contribution >= 4 is 28.8 Å². The molecule has 1 saturated heterocycles. The summed E-state index contributed by atoms with van der Waals surface area (Å²) < 4.78 is 36.6. The summed E-state index contributed by atoms with van der Waals surface area (Å²) >= 11 is 0. The van der Waals surface area contributed by atoms with Gasteiger partial charge in [-0.25, -0.2) is 13.6 Å². The molecule has 0 unspecified atom stereocenters. The minimum atomic E-state index is -1.01. The molecule has 48 heavy (non-hydrogen) atoms. The number of carboxylic acid groups (broad SMARTS) is 1. The second kappa shape index (κ2) is 12.8. The fourth-order valence-corrected chi connectivity index (χ4v) is 8.12. The lowest BCUT2D eigenvalue weighted by atomic mass is 9.71. The van der Waals surface area contributed by atoms with Crippen molar-refractivity contribution in [1.82, 2.24) is 14.8 Å². The maximum atomic E-state index is 14.7. The topological polar surface area (TPSA) is 101 Å². The monoisotopic (exact) mass is 655 g/mol. The van der Waals surface area contributed by atoms with E-state index in [4.69, 9.17) is 4.74 Å². The third kappa shape index (κ3) is 5.66. The Morgan fingerprint density at radius 2 is 1.65 bits per heavy atom. The van der Waals surface area contributed by atoms with Crippen LogP contribution < -0.4 is 5.32 Å². The lowest BCUT2D eigenvalue weighted by molar-refractivity contribution is -0.143. The molecule has 7 rings (SSSR count). The van der Waals surface area contributed by atoms with Gasteiger partial charge >= 0.3 is 12.0 Å². The highest BCUT2D eigenvalue weighted by atomic mass is 19.1. The van der Waals surface area contributed by atoms with E-state index >= 15 is 0 Å². The largest absolute Gasteiger partial charge is 0.481 e. The maximum absolute atomic E-state index is 14.7. The average molecular weight is 656 g/mol. The molecule has 2 aliphatic heterocycles. The SMILES string of the molecule is C[C@H]1C[C@@H](C(=O)O)CC[C@@H]1NC(=O)C1(c2ccc(F)cc2)CCN(C(=O)n2c3c(c4ccc(F)cc42)[C@@H](c2ccccc2)OCC3)CC1. The van der Waals surface area contributed by atoms with E-state index < -0.39 is 35.0 Å². The van der Waals surface area contributed by atoms with Gasteiger partial charge in [0, 0.05) is 42.2 Å². The molecule has 1 aromatic heterocycles. The molecule has 2 N–H and O–H groups in total. The molecule has 2 fully saturated rings. The zero-order chi connectivity index (χ0) is 33.6. The van der Waals surface area contributed by atoms with E-state index in [1.54, 1.807) is 27.7 Å². The van der Waals surface area contributed by atoms with E-state index in [0.717, 1.165) is 22.2 Å². The number of carbonyl (C=O) groups is 3. The molecule has 3 aromatic carbocycles. The van der Waals surface area contributed by atoms with Crippen molar-refractivity contribution in [3.05, 3.63) is 107 Å². The average Bonchev–Trinajstić information content (AvgIpc) is 3.43. The molecular weight excluding hydrogens is 616 g/mol. The van der Waals surface area contributed by atoms with Crippen LogP contribution in [0.25, 0.3) is 10.9 Å². The highest BCUT2D eigenvalue weighted by Crippen LogP contribution is 2.42. The van der Waals surface area contributed by atoms with Crippen molar-refractivity contribution in [2.24, 2.45) is 11.8 Å². The number of rotatable bonds is 5. The van der Waals surface area contributed by atoms with E-state index in [-0.39, 0.29) is 37.0 Å². The van der Waals surface area contributed by atoms with Crippen molar-refractivity contribution in [3.8, 4) is 0 Å². The Labute approximate surface area is 277 Å². The van der Waals surface area contributed by atoms with Crippen LogP contribution in [0.15, 0.2) is 72.8 Å². The maximum Gasteiger partial charge on any atom is 0.328 e. The lowest BCUT2D eigenvalue weighted by Gasteiger charge is -2.43. The van der Waals surface area contributed by atoms with Gasteiger partial charge < -0.3 is 20.1 Å². The number of hydrogen-bond donors (Lipinski definition) is 2. The fourth-order valence-electron chi connectivity index (χ4n) is 8.12. The number of fused-ring (bicyclic) bond motifs is 3. The number of likely N-dealkylation sites (tertiary alicyclic amines) is 1. The van der Waals surface area contributed by atoms with E-state index in [0.29, 0.717) is 56.2 Å². The first-order valence-electron chi connectivity index (χ1n) is 16.7. The number of nitrogens with zero attached hydrogens (tertiary/aromatic N) is 2. The molecule has 0 bridgehead atoms. The molecule has 0 radical (unpaired) electrons. The van der Waals surface area contributed by atoms with Crippen molar-refractivity contribution in [3.63, 3.8) is 0 Å². The number of carboxylic acids is 1. The molecular formula is C38H39F2N3O5. The van der Waals surface area contributed by atoms with Crippen LogP contribution in [0.4, 0.5) is 13.6 Å². The Morgan fingerprint density at radius 1 is 0.938 bits per heavy atom. The van der Waals surface area contributed by atoms with Crippen LogP contribution in [0.5, 0.6) is 0 Å². The molecule has 10 heteroatoms. The Kier molecular flexibility index (Phi) is 8.53. The predicted octanol–water partition coefficient (Wildman–Crippen LogP) is 6.59. The first kappa shape index (κ1) is 32.0. The van der Waals surface area contributed by atoms with Gasteiger partial charge in [-0.3, -0.25) is 14.2 Å². The summed E-state index contributed by atoms with van der Waals surface area (Å²) in [4.78, 5) is 42.0. The second-order valence-electron chi connectivity index (χ2n) is 13.5. The molecule has 2 amide bonds. The number of amides is 2. The van der Waals surface area contributed by atoms with Crippen molar-refractivity contribution < 1.29 is 33.0 Å². The Balaban J connectivity index is 1.18. The number of halogens is 2. The number of nitrogens with one attached hydrogen (secondary N) is 1. The summed E-state index contributed by atoms with van der Waals surface area (Å²) in [6.45, 7) is 2.88. The van der Waals surface area contributed by atoms with Gasteiger partial charge in [-0.15, -0.1) is 0 Å². The van der Waals surface area contributed by atoms with Crippen LogP contribution in [0, 0.1) is 23.5 Å². The molecule has 3 heterocycles. The standard InChI is InChI=1S/C38H39F2N3O5/c1-23-21-25(35(44)45)7-14-30(23)41-36(46)38(26-8-10-27(39)11-9-26)16-18-42(19-17-38)37(47)43-31-15-20-48-34(24-5-3-2-4-6-24)33(31)29-13-12-28(40)22-32(29)43/h2-6,8-13,22-23,25,30,34H,7,14-21H2,1H3,(H,41,46)(H,44,45)/t23-,25-,30-,34+/m0/s1. The summed E-state index contributed by atoms with van der Waals surface area (Å²) in [6, 6.07) is 19.8. The molecule has 1 saturated carbocycles. The number of aliphatic carboxylic acids is 1. The van der Waals surface area contributed by atoms with Gasteiger partial charge in [0.05, 0.1) is 23.5 Å². The van der Waals surface area contributed by atoms with Gasteiger partial charge in [0.15, 0.2) is 0 Å². The third-order valence-corrected chi connectivity index (χ3v) is 10.8. The summed E-state index contributed by atoms with van der Waals surface area (Å²) in [6.07, 6.45) is 2.23. The van der Waals surface area contributed by atoms with Crippen LogP contribution >= 0.6 is 0 Å². The number of carbonyl (C=O) groups excluding carboxylic acids is 2. The van der Waals surface area contributed by atoms with Gasteiger partial charge in [-0.1, -0.05) is 49.4 Å². The molecule has 1 aliphatic carbocycles. The van der Waals surface area contributed by atoms with E-state index in [1.807, 2.05) is 37.3 Å². The summed E-state index contributed by atoms with van der Waals surface area (Å²) in [5.74, 6) is -2.30. The van der Waals surface area contributed by atoms with Crippen LogP contribution in [-0.2, 0) is 26.2 Å². The van der Waals surface area contributed by atoms with Crippen molar-refractivity contribution in [2.45, 2.75) is 63.0 Å². The summed E-state index contributed by atoms with van der Waals surface area (Å²) in [5, 5.41) is 13.5. The molecule has 3 aliphatic rings. The first-order chi connectivity index (χ1) is 23.2. The Hall–Kier alpha value is -4.57. The van der Waals surface area contributed by atoms with Crippen LogP contribution in [-0.4, -0.2) is 58.2 Å². The normalized spacial score (nSPS) is 23.8. The number of ether oxygens (including phenoxy) is 1. The summed E-state index contributed by atoms with van der Waals surface area (Å²) in [7, 11) is 0. The Morgan fingerprint density at radius 3 is 2.33 bits per heavy atom. The smallest absolute Gasteiger partial charge is 0.328 e. The predicted molar refractivity (Wildman–Crippen MR) is 176 cm³/mol. The molecule has 4 atom stereocenters. The number of hydrogen-bond acceptors (Lipinski definition) is 4. The second-order valence-corrected chi connectivity index (χ2v) is 13.5. The number of aromatic nitrogens is 1. The van der Waals surface area contributed by atoms with Crippen LogP contribution in [0.2, 0.25) is 0 Å². The highest BCUT2D eigenvalue weighted by Gasteiger charge is 2.46. The zero-order valence-electron chi connectivity index (χ0n) is 26.8. The van der Waals surface area contributed by atoms with Gasteiger partial charge in [0.2, 0.25) is 5.91 Å². The molecule has 250 valence electrons. The number of benzene rings is 3. The Bertz CT molecular complexity index is 1850. The van der Waals surface area contributed by atoms with Gasteiger partial charge in [0.1, 0.15) is 17.7 Å². The van der Waals surface area contributed by atoms with E-state index in [9.17, 15) is 28.3 Å². The quantitative estimate of drug-likeness (QED) is 0.253.